The molecule has 3 N–H and O–H groups in total. The fraction of sp³-hybridized carbons (Fsp3) is 0.727. The zero-order valence-electron chi connectivity index (χ0n) is 12.4. The molecule has 0 unspecified atom stereocenters. The fourth-order valence-corrected chi connectivity index (χ4v) is 1.51. The standard InChI is InChI=1S/C11H19NO9S/c1-11(2,3)21-10(16)12-7(9(14)15)6-20-8(13)4-5-22(17,18)19/h7H,4-6H2,1-3H3,(H,12,16)(H,14,15)(H,17,18,19)/t7-/m0/s1. The van der Waals surface area contributed by atoms with Crippen molar-refractivity contribution in [1.82, 2.24) is 5.32 Å². The van der Waals surface area contributed by atoms with E-state index in [-0.39, 0.29) is 0 Å². The highest BCUT2D eigenvalue weighted by Crippen LogP contribution is 2.07. The van der Waals surface area contributed by atoms with Gasteiger partial charge in [-0.1, -0.05) is 0 Å². The number of aliphatic carboxylic acids is 1. The van der Waals surface area contributed by atoms with Crippen LogP contribution in [0.5, 0.6) is 0 Å². The van der Waals surface area contributed by atoms with Gasteiger partial charge in [-0.25, -0.2) is 9.59 Å². The summed E-state index contributed by atoms with van der Waals surface area (Å²) in [5.74, 6) is -3.34. The molecule has 1 amide bonds. The summed E-state index contributed by atoms with van der Waals surface area (Å²) in [6.07, 6.45) is -1.65. The van der Waals surface area contributed by atoms with Crippen molar-refractivity contribution < 1.29 is 41.9 Å². The van der Waals surface area contributed by atoms with Crippen molar-refractivity contribution in [2.45, 2.75) is 38.8 Å². The van der Waals surface area contributed by atoms with Crippen LogP contribution in [-0.2, 0) is 29.2 Å². The van der Waals surface area contributed by atoms with Gasteiger partial charge < -0.3 is 19.9 Å². The predicted molar refractivity (Wildman–Crippen MR) is 72.8 cm³/mol. The highest BCUT2D eigenvalue weighted by atomic mass is 32.2. The number of carbonyl (C=O) groups is 3. The second-order valence-corrected chi connectivity index (χ2v) is 6.83. The van der Waals surface area contributed by atoms with Crippen LogP contribution < -0.4 is 5.32 Å². The molecule has 11 heteroatoms. The minimum Gasteiger partial charge on any atom is -0.480 e. The monoisotopic (exact) mass is 341 g/mol. The Morgan fingerprint density at radius 1 is 1.23 bits per heavy atom. The molecular weight excluding hydrogens is 322 g/mol. The average molecular weight is 341 g/mol. The third-order valence-electron chi connectivity index (χ3n) is 1.96. The molecule has 0 aliphatic rings. The average Bonchev–Trinajstić information content (AvgIpc) is 2.28. The van der Waals surface area contributed by atoms with Gasteiger partial charge in [0, 0.05) is 0 Å². The molecule has 128 valence electrons. The molecule has 1 atom stereocenters. The van der Waals surface area contributed by atoms with Crippen LogP contribution >= 0.6 is 0 Å². The first kappa shape index (κ1) is 20.1. The van der Waals surface area contributed by atoms with E-state index < -0.39 is 58.6 Å². The van der Waals surface area contributed by atoms with Crippen LogP contribution in [0, 0.1) is 0 Å². The Hall–Kier alpha value is -1.88. The summed E-state index contributed by atoms with van der Waals surface area (Å²) >= 11 is 0. The maximum atomic E-state index is 11.4. The minimum absolute atomic E-state index is 0.641. The van der Waals surface area contributed by atoms with Crippen LogP contribution in [0.4, 0.5) is 4.79 Å². The summed E-state index contributed by atoms with van der Waals surface area (Å²) < 4.78 is 38.7. The summed E-state index contributed by atoms with van der Waals surface area (Å²) in [4.78, 5) is 33.6. The number of hydrogen-bond acceptors (Lipinski definition) is 7. The Morgan fingerprint density at radius 2 is 1.77 bits per heavy atom. The molecule has 0 radical (unpaired) electrons. The van der Waals surface area contributed by atoms with E-state index in [2.05, 4.69) is 4.74 Å². The second-order valence-electron chi connectivity index (χ2n) is 5.26. The Balaban J connectivity index is 4.40. The highest BCUT2D eigenvalue weighted by Gasteiger charge is 2.25. The van der Waals surface area contributed by atoms with E-state index in [1.807, 2.05) is 5.32 Å². The molecule has 0 saturated heterocycles. The van der Waals surface area contributed by atoms with Crippen LogP contribution in [0.3, 0.4) is 0 Å². The van der Waals surface area contributed by atoms with Gasteiger partial charge in [0.2, 0.25) is 0 Å². The largest absolute Gasteiger partial charge is 0.480 e. The maximum Gasteiger partial charge on any atom is 0.408 e. The Kier molecular flexibility index (Phi) is 7.26. The third kappa shape index (κ3) is 10.9. The Labute approximate surface area is 127 Å². The van der Waals surface area contributed by atoms with Crippen molar-refractivity contribution >= 4 is 28.1 Å². The summed E-state index contributed by atoms with van der Waals surface area (Å²) in [6.45, 7) is 4.03. The van der Waals surface area contributed by atoms with E-state index in [4.69, 9.17) is 14.4 Å². The molecule has 0 aromatic rings. The summed E-state index contributed by atoms with van der Waals surface area (Å²) in [6, 6.07) is -1.55. The van der Waals surface area contributed by atoms with Gasteiger partial charge in [0.1, 0.15) is 12.2 Å². The van der Waals surface area contributed by atoms with Crippen molar-refractivity contribution in [1.29, 1.82) is 0 Å². The van der Waals surface area contributed by atoms with Gasteiger partial charge >= 0.3 is 18.0 Å². The molecule has 0 aromatic heterocycles. The summed E-state index contributed by atoms with van der Waals surface area (Å²) in [5, 5.41) is 10.9. The van der Waals surface area contributed by atoms with Crippen LogP contribution in [0.2, 0.25) is 0 Å². The predicted octanol–water partition coefficient (Wildman–Crippen LogP) is -0.215. The number of ether oxygens (including phenoxy) is 2. The molecule has 0 fully saturated rings. The maximum absolute atomic E-state index is 11.4. The van der Waals surface area contributed by atoms with Crippen LogP contribution in [0.1, 0.15) is 27.2 Å². The number of alkyl carbamates (subject to hydrolysis) is 1. The zero-order valence-corrected chi connectivity index (χ0v) is 13.2. The number of esters is 1. The van der Waals surface area contributed by atoms with Crippen molar-refractivity contribution in [2.24, 2.45) is 0 Å². The van der Waals surface area contributed by atoms with Crippen molar-refractivity contribution in [3.8, 4) is 0 Å². The number of rotatable bonds is 7. The first-order valence-electron chi connectivity index (χ1n) is 6.13. The lowest BCUT2D eigenvalue weighted by Gasteiger charge is -2.21. The summed E-state index contributed by atoms with van der Waals surface area (Å²) in [7, 11) is -4.32. The normalized spacial score (nSPS) is 13.1. The molecular formula is C11H19NO9S. The fourth-order valence-electron chi connectivity index (χ4n) is 1.09. The molecule has 10 nitrogen and oxygen atoms in total. The van der Waals surface area contributed by atoms with Gasteiger partial charge in [0.25, 0.3) is 10.1 Å². The molecule has 0 aromatic carbocycles. The van der Waals surface area contributed by atoms with E-state index in [0.717, 1.165) is 0 Å². The lowest BCUT2D eigenvalue weighted by atomic mass is 10.2. The molecule has 0 heterocycles. The lowest BCUT2D eigenvalue weighted by molar-refractivity contribution is -0.148. The number of amides is 1. The number of nitrogens with one attached hydrogen (secondary N) is 1. The van der Waals surface area contributed by atoms with Gasteiger partial charge in [-0.2, -0.15) is 8.42 Å². The van der Waals surface area contributed by atoms with Crippen molar-refractivity contribution in [2.75, 3.05) is 12.4 Å². The smallest absolute Gasteiger partial charge is 0.408 e. The van der Waals surface area contributed by atoms with E-state index in [1.165, 1.54) is 0 Å². The minimum atomic E-state index is -4.32. The number of carbonyl (C=O) groups excluding carboxylic acids is 2. The van der Waals surface area contributed by atoms with Crippen LogP contribution in [0.15, 0.2) is 0 Å². The Morgan fingerprint density at radius 3 is 2.18 bits per heavy atom. The van der Waals surface area contributed by atoms with E-state index >= 15 is 0 Å². The number of hydrogen-bond donors (Lipinski definition) is 3. The van der Waals surface area contributed by atoms with Gasteiger partial charge in [-0.05, 0) is 20.8 Å². The summed E-state index contributed by atoms with van der Waals surface area (Å²) in [5.41, 5.74) is -0.834. The molecule has 0 spiro atoms. The molecule has 0 aliphatic carbocycles. The number of carboxylic acid groups (broad SMARTS) is 1. The highest BCUT2D eigenvalue weighted by molar-refractivity contribution is 7.85. The second kappa shape index (κ2) is 7.94. The quantitative estimate of drug-likeness (QED) is 0.421. The molecule has 0 saturated carbocycles. The van der Waals surface area contributed by atoms with Crippen LogP contribution in [0.25, 0.3) is 0 Å². The van der Waals surface area contributed by atoms with Gasteiger partial charge in [-0.3, -0.25) is 9.35 Å². The van der Waals surface area contributed by atoms with Crippen molar-refractivity contribution in [3.63, 3.8) is 0 Å². The lowest BCUT2D eigenvalue weighted by Crippen LogP contribution is -2.46. The van der Waals surface area contributed by atoms with Gasteiger partial charge in [0.05, 0.1) is 12.2 Å². The van der Waals surface area contributed by atoms with Crippen LogP contribution in [-0.4, -0.2) is 60.1 Å². The third-order valence-corrected chi connectivity index (χ3v) is 2.68. The van der Waals surface area contributed by atoms with Gasteiger partial charge in [0.15, 0.2) is 6.04 Å². The first-order valence-corrected chi connectivity index (χ1v) is 7.74. The van der Waals surface area contributed by atoms with E-state index in [9.17, 15) is 22.8 Å². The zero-order chi connectivity index (χ0) is 17.6. The molecule has 0 rings (SSSR count). The molecule has 0 bridgehead atoms. The topological polar surface area (TPSA) is 156 Å². The van der Waals surface area contributed by atoms with Crippen molar-refractivity contribution in [3.05, 3.63) is 0 Å². The first-order chi connectivity index (χ1) is 9.80. The SMILES string of the molecule is CC(C)(C)OC(=O)N[C@@H](COC(=O)CCS(=O)(=O)O)C(=O)O. The molecule has 0 aliphatic heterocycles. The molecule has 22 heavy (non-hydrogen) atoms. The van der Waals surface area contributed by atoms with E-state index in [1.54, 1.807) is 20.8 Å². The number of carboxylic acids is 1. The van der Waals surface area contributed by atoms with E-state index in [0.29, 0.717) is 0 Å². The Bertz CT molecular complexity index is 520. The van der Waals surface area contributed by atoms with Gasteiger partial charge in [-0.15, -0.1) is 0 Å².